The van der Waals surface area contributed by atoms with Crippen LogP contribution in [0, 0.1) is 0 Å². The van der Waals surface area contributed by atoms with Gasteiger partial charge in [-0.3, -0.25) is 14.5 Å². The molecular formula is C24H22N2O4. The van der Waals surface area contributed by atoms with Crippen molar-refractivity contribution in [3.8, 4) is 11.5 Å². The van der Waals surface area contributed by atoms with Crippen molar-refractivity contribution in [2.24, 2.45) is 0 Å². The van der Waals surface area contributed by atoms with Gasteiger partial charge in [0.1, 0.15) is 17.5 Å². The number of rotatable bonds is 5. The van der Waals surface area contributed by atoms with E-state index in [0.29, 0.717) is 29.2 Å². The number of benzene rings is 3. The number of hydrogen-bond donors (Lipinski definition) is 1. The van der Waals surface area contributed by atoms with E-state index in [1.54, 1.807) is 42.3 Å². The highest BCUT2D eigenvalue weighted by molar-refractivity contribution is 6.13. The zero-order chi connectivity index (χ0) is 21.1. The molecule has 0 aliphatic carbocycles. The molecule has 1 aliphatic heterocycles. The lowest BCUT2D eigenvalue weighted by molar-refractivity contribution is -0.117. The summed E-state index contributed by atoms with van der Waals surface area (Å²) in [6.07, 6.45) is 0.437. The molecular weight excluding hydrogens is 380 g/mol. The second kappa shape index (κ2) is 8.29. The number of carbonyl (C=O) groups excluding carboxylic acids is 2. The van der Waals surface area contributed by atoms with E-state index in [1.807, 2.05) is 42.5 Å². The molecule has 1 heterocycles. The van der Waals surface area contributed by atoms with Crippen LogP contribution in [-0.2, 0) is 11.2 Å². The van der Waals surface area contributed by atoms with Crippen molar-refractivity contribution in [2.75, 3.05) is 24.4 Å². The topological polar surface area (TPSA) is 67.9 Å². The average Bonchev–Trinajstić information content (AvgIpc) is 3.19. The summed E-state index contributed by atoms with van der Waals surface area (Å²) in [7, 11) is 3.09. The van der Waals surface area contributed by atoms with Crippen LogP contribution in [-0.4, -0.2) is 32.1 Å². The van der Waals surface area contributed by atoms with E-state index in [-0.39, 0.29) is 11.8 Å². The Morgan fingerprint density at radius 1 is 0.933 bits per heavy atom. The standard InChI is InChI=1S/C24H22N2O4/c1-29-18-12-13-22(30-2)19(15-18)25-23(27)21-14-17-10-6-7-11-20(17)26(21)24(28)16-8-4-3-5-9-16/h3-13,15,21H,14H2,1-2H3,(H,25,27). The first-order valence-electron chi connectivity index (χ1n) is 9.61. The number of nitrogens with zero attached hydrogens (tertiary/aromatic N) is 1. The minimum Gasteiger partial charge on any atom is -0.497 e. The van der Waals surface area contributed by atoms with Gasteiger partial charge in [0.05, 0.1) is 19.9 Å². The lowest BCUT2D eigenvalue weighted by Gasteiger charge is -2.25. The number of hydrogen-bond acceptors (Lipinski definition) is 4. The SMILES string of the molecule is COc1ccc(OC)c(NC(=O)C2Cc3ccccc3N2C(=O)c2ccccc2)c1. The number of nitrogens with one attached hydrogen (secondary N) is 1. The molecule has 6 heteroatoms. The molecule has 2 amide bonds. The van der Waals surface area contributed by atoms with Crippen molar-refractivity contribution < 1.29 is 19.1 Å². The van der Waals surface area contributed by atoms with Gasteiger partial charge in [0.25, 0.3) is 5.91 Å². The molecule has 1 aliphatic rings. The lowest BCUT2D eigenvalue weighted by atomic mass is 10.1. The van der Waals surface area contributed by atoms with Gasteiger partial charge in [0, 0.05) is 23.7 Å². The highest BCUT2D eigenvalue weighted by Gasteiger charge is 2.38. The smallest absolute Gasteiger partial charge is 0.259 e. The van der Waals surface area contributed by atoms with Gasteiger partial charge in [-0.05, 0) is 35.9 Å². The Hall–Kier alpha value is -3.80. The zero-order valence-corrected chi connectivity index (χ0v) is 16.8. The fourth-order valence-corrected chi connectivity index (χ4v) is 3.69. The Morgan fingerprint density at radius 2 is 1.67 bits per heavy atom. The number of anilines is 2. The Morgan fingerprint density at radius 3 is 2.40 bits per heavy atom. The predicted octanol–water partition coefficient (Wildman–Crippen LogP) is 3.91. The van der Waals surface area contributed by atoms with E-state index >= 15 is 0 Å². The summed E-state index contributed by atoms with van der Waals surface area (Å²) < 4.78 is 10.6. The molecule has 0 aromatic heterocycles. The number of methoxy groups -OCH3 is 2. The summed E-state index contributed by atoms with van der Waals surface area (Å²) in [5, 5.41) is 2.91. The molecule has 0 fully saturated rings. The van der Waals surface area contributed by atoms with Crippen molar-refractivity contribution in [1.82, 2.24) is 0 Å². The van der Waals surface area contributed by atoms with Crippen molar-refractivity contribution in [3.63, 3.8) is 0 Å². The van der Waals surface area contributed by atoms with E-state index in [4.69, 9.17) is 9.47 Å². The maximum absolute atomic E-state index is 13.3. The Kier molecular flexibility index (Phi) is 5.39. The lowest BCUT2D eigenvalue weighted by Crippen LogP contribution is -2.45. The third kappa shape index (κ3) is 3.59. The van der Waals surface area contributed by atoms with E-state index in [1.165, 1.54) is 7.11 Å². The van der Waals surface area contributed by atoms with Crippen LogP contribution in [0.2, 0.25) is 0 Å². The zero-order valence-electron chi connectivity index (χ0n) is 16.8. The molecule has 3 aromatic carbocycles. The Labute approximate surface area is 175 Å². The summed E-state index contributed by atoms with van der Waals surface area (Å²) in [5.41, 5.74) is 2.74. The van der Waals surface area contributed by atoms with Crippen molar-refractivity contribution in [1.29, 1.82) is 0 Å². The van der Waals surface area contributed by atoms with Gasteiger partial charge in [-0.2, -0.15) is 0 Å². The van der Waals surface area contributed by atoms with Crippen molar-refractivity contribution in [3.05, 3.63) is 83.9 Å². The first-order valence-corrected chi connectivity index (χ1v) is 9.61. The predicted molar refractivity (Wildman–Crippen MR) is 115 cm³/mol. The molecule has 4 rings (SSSR count). The van der Waals surface area contributed by atoms with E-state index < -0.39 is 6.04 Å². The quantitative estimate of drug-likeness (QED) is 0.703. The number of carbonyl (C=O) groups is 2. The third-order valence-corrected chi connectivity index (χ3v) is 5.18. The molecule has 30 heavy (non-hydrogen) atoms. The fraction of sp³-hybridized carbons (Fsp3) is 0.167. The van der Waals surface area contributed by atoms with Crippen LogP contribution in [0.1, 0.15) is 15.9 Å². The molecule has 1 N–H and O–H groups in total. The second-order valence-corrected chi connectivity index (χ2v) is 6.95. The van der Waals surface area contributed by atoms with Crippen LogP contribution >= 0.6 is 0 Å². The van der Waals surface area contributed by atoms with Gasteiger partial charge in [0.2, 0.25) is 5.91 Å². The molecule has 1 atom stereocenters. The van der Waals surface area contributed by atoms with Crippen LogP contribution in [0.3, 0.4) is 0 Å². The minimum atomic E-state index is -0.675. The molecule has 0 saturated heterocycles. The molecule has 152 valence electrons. The number of ether oxygens (including phenoxy) is 2. The molecule has 0 radical (unpaired) electrons. The first kappa shape index (κ1) is 19.5. The van der Waals surface area contributed by atoms with Gasteiger partial charge in [-0.1, -0.05) is 36.4 Å². The third-order valence-electron chi connectivity index (χ3n) is 5.18. The van der Waals surface area contributed by atoms with E-state index in [9.17, 15) is 9.59 Å². The highest BCUT2D eigenvalue weighted by Crippen LogP contribution is 2.35. The Bertz CT molecular complexity index is 1080. The van der Waals surface area contributed by atoms with Gasteiger partial charge in [-0.15, -0.1) is 0 Å². The number of para-hydroxylation sites is 1. The molecule has 3 aromatic rings. The van der Waals surface area contributed by atoms with Gasteiger partial charge in [0.15, 0.2) is 0 Å². The van der Waals surface area contributed by atoms with Crippen LogP contribution in [0.4, 0.5) is 11.4 Å². The number of fused-ring (bicyclic) bond motifs is 1. The number of amides is 2. The largest absolute Gasteiger partial charge is 0.497 e. The van der Waals surface area contributed by atoms with Crippen LogP contribution in [0.5, 0.6) is 11.5 Å². The Balaban J connectivity index is 1.67. The molecule has 0 saturated carbocycles. The van der Waals surface area contributed by atoms with Crippen molar-refractivity contribution >= 4 is 23.2 Å². The van der Waals surface area contributed by atoms with Crippen LogP contribution in [0.25, 0.3) is 0 Å². The van der Waals surface area contributed by atoms with Crippen LogP contribution in [0.15, 0.2) is 72.8 Å². The van der Waals surface area contributed by atoms with Gasteiger partial charge >= 0.3 is 0 Å². The maximum atomic E-state index is 13.3. The molecule has 6 nitrogen and oxygen atoms in total. The molecule has 1 unspecified atom stereocenters. The molecule has 0 spiro atoms. The van der Waals surface area contributed by atoms with Crippen molar-refractivity contribution in [2.45, 2.75) is 12.5 Å². The summed E-state index contributed by atoms with van der Waals surface area (Å²) >= 11 is 0. The second-order valence-electron chi connectivity index (χ2n) is 6.95. The summed E-state index contributed by atoms with van der Waals surface area (Å²) in [4.78, 5) is 28.2. The normalized spacial score (nSPS) is 14.7. The average molecular weight is 402 g/mol. The highest BCUT2D eigenvalue weighted by atomic mass is 16.5. The monoisotopic (exact) mass is 402 g/mol. The van der Waals surface area contributed by atoms with E-state index in [0.717, 1.165) is 11.3 Å². The maximum Gasteiger partial charge on any atom is 0.259 e. The minimum absolute atomic E-state index is 0.210. The summed E-state index contributed by atoms with van der Waals surface area (Å²) in [6.45, 7) is 0. The van der Waals surface area contributed by atoms with Gasteiger partial charge < -0.3 is 14.8 Å². The van der Waals surface area contributed by atoms with Crippen LogP contribution < -0.4 is 19.7 Å². The van der Waals surface area contributed by atoms with Gasteiger partial charge in [-0.25, -0.2) is 0 Å². The molecule has 0 bridgehead atoms. The van der Waals surface area contributed by atoms with E-state index in [2.05, 4.69) is 5.32 Å². The fourth-order valence-electron chi connectivity index (χ4n) is 3.69. The summed E-state index contributed by atoms with van der Waals surface area (Å²) in [5.74, 6) is 0.610. The summed E-state index contributed by atoms with van der Waals surface area (Å²) in [6, 6.07) is 21.1. The first-order chi connectivity index (χ1) is 14.6.